The first-order chi connectivity index (χ1) is 3.91. The summed E-state index contributed by atoms with van der Waals surface area (Å²) in [4.78, 5) is 0. The molecule has 8 heavy (non-hydrogen) atoms. The Morgan fingerprint density at radius 1 is 1.25 bits per heavy atom. The summed E-state index contributed by atoms with van der Waals surface area (Å²) in [5, 5.41) is 0. The number of rotatable bonds is 4. The summed E-state index contributed by atoms with van der Waals surface area (Å²) in [5.74, 6) is 0. The third-order valence-electron chi connectivity index (χ3n) is 0.915. The molecule has 0 heterocycles. The molecule has 0 bridgehead atoms. The van der Waals surface area contributed by atoms with Gasteiger partial charge in [0.05, 0.1) is 0 Å². The second-order valence-electron chi connectivity index (χ2n) is 1.69. The zero-order valence-electron chi connectivity index (χ0n) is 5.78. The van der Waals surface area contributed by atoms with Crippen molar-refractivity contribution in [1.29, 1.82) is 0 Å². The van der Waals surface area contributed by atoms with E-state index >= 15 is 0 Å². The average Bonchev–Trinajstić information content (AvgIpc) is 1.81. The Morgan fingerprint density at radius 3 is 2.50 bits per heavy atom. The molecule has 0 spiro atoms. The lowest BCUT2D eigenvalue weighted by Crippen LogP contribution is -1.79. The van der Waals surface area contributed by atoms with Gasteiger partial charge in [0, 0.05) is 9.52 Å². The highest BCUT2D eigenvalue weighted by molar-refractivity contribution is 6.35. The minimum absolute atomic E-state index is 1.14. The maximum atomic E-state index is 2.28. The van der Waals surface area contributed by atoms with Crippen LogP contribution in [0.3, 0.4) is 0 Å². The molecule has 0 aromatic rings. The highest BCUT2D eigenvalue weighted by Gasteiger charge is 1.76. The Hall–Kier alpha value is -0.0431. The van der Waals surface area contributed by atoms with E-state index in [2.05, 4.69) is 26.0 Å². The molecule has 0 amide bonds. The maximum absolute atomic E-state index is 2.28. The molecule has 0 atom stereocenters. The summed E-state index contributed by atoms with van der Waals surface area (Å²) in [6.45, 7) is 4.41. The molecule has 0 saturated heterocycles. The molecule has 1 heteroatoms. The molecule has 0 unspecified atom stereocenters. The van der Waals surface area contributed by atoms with Crippen molar-refractivity contribution < 1.29 is 0 Å². The molecule has 0 N–H and O–H groups in total. The van der Waals surface area contributed by atoms with Crippen molar-refractivity contribution in [2.75, 3.05) is 0 Å². The molecule has 0 aliphatic carbocycles. The average molecular weight is 126 g/mol. The Bertz CT molecular complexity index is 57.4. The standard InChI is InChI=1S/C7H14Si/c1-3-5-6-7-8-4-2/h5-6H,3-4,7H2,1-2H3/b6-5+. The zero-order chi connectivity index (χ0) is 6.24. The molecule has 0 aromatic carbocycles. The molecule has 2 radical (unpaired) electrons. The van der Waals surface area contributed by atoms with E-state index in [0.717, 1.165) is 9.52 Å². The Kier molecular flexibility index (Phi) is 6.92. The number of allylic oxidation sites excluding steroid dienone is 2. The van der Waals surface area contributed by atoms with Crippen molar-refractivity contribution in [2.45, 2.75) is 32.4 Å². The minimum Gasteiger partial charge on any atom is -0.0916 e. The van der Waals surface area contributed by atoms with E-state index in [4.69, 9.17) is 0 Å². The van der Waals surface area contributed by atoms with E-state index in [-0.39, 0.29) is 0 Å². The SMILES string of the molecule is CC/C=C/C[Si]CC. The van der Waals surface area contributed by atoms with Crippen LogP contribution >= 0.6 is 0 Å². The van der Waals surface area contributed by atoms with Gasteiger partial charge >= 0.3 is 0 Å². The number of hydrogen-bond acceptors (Lipinski definition) is 0. The Morgan fingerprint density at radius 2 is 2.00 bits per heavy atom. The van der Waals surface area contributed by atoms with E-state index < -0.39 is 0 Å². The normalized spacial score (nSPS) is 10.8. The third kappa shape index (κ3) is 5.96. The Balaban J connectivity index is 2.80. The summed E-state index contributed by atoms with van der Waals surface area (Å²) >= 11 is 0. The van der Waals surface area contributed by atoms with Gasteiger partial charge in [0.15, 0.2) is 0 Å². The molecule has 0 fully saturated rings. The van der Waals surface area contributed by atoms with E-state index in [1.807, 2.05) is 0 Å². The van der Waals surface area contributed by atoms with Gasteiger partial charge in [0.2, 0.25) is 0 Å². The van der Waals surface area contributed by atoms with Crippen LogP contribution in [-0.2, 0) is 0 Å². The van der Waals surface area contributed by atoms with Gasteiger partial charge in [-0.3, -0.25) is 0 Å². The van der Waals surface area contributed by atoms with Crippen molar-refractivity contribution in [2.24, 2.45) is 0 Å². The van der Waals surface area contributed by atoms with Crippen molar-refractivity contribution in [3.63, 3.8) is 0 Å². The van der Waals surface area contributed by atoms with Gasteiger partial charge in [-0.25, -0.2) is 0 Å². The second kappa shape index (κ2) is 6.96. The van der Waals surface area contributed by atoms with Crippen LogP contribution in [0.25, 0.3) is 0 Å². The van der Waals surface area contributed by atoms with Crippen LogP contribution in [0, 0.1) is 0 Å². The van der Waals surface area contributed by atoms with Gasteiger partial charge in [-0.05, 0) is 12.5 Å². The van der Waals surface area contributed by atoms with Crippen LogP contribution in [-0.4, -0.2) is 9.52 Å². The topological polar surface area (TPSA) is 0 Å². The predicted molar refractivity (Wildman–Crippen MR) is 40.5 cm³/mol. The molecule has 0 aliphatic rings. The quantitative estimate of drug-likeness (QED) is 0.308. The van der Waals surface area contributed by atoms with Gasteiger partial charge in [-0.15, -0.1) is 0 Å². The van der Waals surface area contributed by atoms with E-state index in [1.54, 1.807) is 0 Å². The molecule has 0 aromatic heterocycles. The van der Waals surface area contributed by atoms with E-state index in [9.17, 15) is 0 Å². The largest absolute Gasteiger partial charge is 0.0916 e. The van der Waals surface area contributed by atoms with Crippen LogP contribution in [0.5, 0.6) is 0 Å². The van der Waals surface area contributed by atoms with E-state index in [0.29, 0.717) is 0 Å². The summed E-state index contributed by atoms with van der Waals surface area (Å²) in [7, 11) is 1.14. The smallest absolute Gasteiger partial charge is 0.0417 e. The molecular weight excluding hydrogens is 112 g/mol. The van der Waals surface area contributed by atoms with Crippen molar-refractivity contribution in [3.05, 3.63) is 12.2 Å². The third-order valence-corrected chi connectivity index (χ3v) is 1.94. The summed E-state index contributed by atoms with van der Waals surface area (Å²) in [6, 6.07) is 2.64. The van der Waals surface area contributed by atoms with Crippen LogP contribution in [0.4, 0.5) is 0 Å². The van der Waals surface area contributed by atoms with Gasteiger partial charge in [-0.2, -0.15) is 0 Å². The van der Waals surface area contributed by atoms with Crippen molar-refractivity contribution in [3.8, 4) is 0 Å². The lowest BCUT2D eigenvalue weighted by Gasteiger charge is -1.83. The summed E-state index contributed by atoms with van der Waals surface area (Å²) in [5.41, 5.74) is 0. The highest BCUT2D eigenvalue weighted by Crippen LogP contribution is 1.87. The molecule has 0 nitrogen and oxygen atoms in total. The first-order valence-corrected chi connectivity index (χ1v) is 4.69. The first kappa shape index (κ1) is 7.96. The molecular formula is C7H14Si. The lowest BCUT2D eigenvalue weighted by molar-refractivity contribution is 1.21. The van der Waals surface area contributed by atoms with Crippen LogP contribution < -0.4 is 0 Å². The minimum atomic E-state index is 1.14. The van der Waals surface area contributed by atoms with Crippen molar-refractivity contribution >= 4 is 9.52 Å². The van der Waals surface area contributed by atoms with Crippen molar-refractivity contribution in [1.82, 2.24) is 0 Å². The van der Waals surface area contributed by atoms with Crippen LogP contribution in [0.1, 0.15) is 20.3 Å². The lowest BCUT2D eigenvalue weighted by atomic mass is 10.4. The summed E-state index contributed by atoms with van der Waals surface area (Å²) < 4.78 is 0. The monoisotopic (exact) mass is 126 g/mol. The fourth-order valence-electron chi connectivity index (χ4n) is 0.478. The molecule has 0 rings (SSSR count). The molecule has 0 aliphatic heterocycles. The number of hydrogen-bond donors (Lipinski definition) is 0. The predicted octanol–water partition coefficient (Wildman–Crippen LogP) is 2.51. The second-order valence-corrected chi connectivity index (χ2v) is 3.30. The molecule has 46 valence electrons. The van der Waals surface area contributed by atoms with Crippen LogP contribution in [0.15, 0.2) is 12.2 Å². The fraction of sp³-hybridized carbons (Fsp3) is 0.714. The van der Waals surface area contributed by atoms with Gasteiger partial charge < -0.3 is 0 Å². The highest BCUT2D eigenvalue weighted by atomic mass is 28.2. The summed E-state index contributed by atoms with van der Waals surface area (Å²) in [6.07, 6.45) is 5.71. The van der Waals surface area contributed by atoms with Gasteiger partial charge in [0.1, 0.15) is 0 Å². The first-order valence-electron chi connectivity index (χ1n) is 3.27. The molecule has 0 saturated carbocycles. The maximum Gasteiger partial charge on any atom is 0.0417 e. The zero-order valence-corrected chi connectivity index (χ0v) is 6.78. The van der Waals surface area contributed by atoms with Gasteiger partial charge in [-0.1, -0.05) is 32.0 Å². The van der Waals surface area contributed by atoms with Gasteiger partial charge in [0.25, 0.3) is 0 Å². The fourth-order valence-corrected chi connectivity index (χ4v) is 1.10. The Labute approximate surface area is 54.8 Å². The van der Waals surface area contributed by atoms with E-state index in [1.165, 1.54) is 18.5 Å². The van der Waals surface area contributed by atoms with Crippen LogP contribution in [0.2, 0.25) is 12.1 Å².